The highest BCUT2D eigenvalue weighted by atomic mass is 14.7. The molecule has 2 nitrogen and oxygen atoms in total. The first-order valence-electron chi connectivity index (χ1n) is 5.50. The van der Waals surface area contributed by atoms with Crippen molar-refractivity contribution in [2.45, 2.75) is 44.9 Å². The molecule has 1 aliphatic rings. The molecule has 0 amide bonds. The van der Waals surface area contributed by atoms with Gasteiger partial charge in [-0.2, -0.15) is 0 Å². The molecular formula is C12H18N2. The number of aryl methyl sites for hydroxylation is 1. The molecule has 0 saturated heterocycles. The average Bonchev–Trinajstić information content (AvgIpc) is 2.23. The summed E-state index contributed by atoms with van der Waals surface area (Å²) < 4.78 is 0. The second-order valence-corrected chi connectivity index (χ2v) is 4.26. The van der Waals surface area contributed by atoms with Crippen molar-refractivity contribution >= 4 is 5.69 Å². The lowest BCUT2D eigenvalue weighted by atomic mass is 9.85. The molecule has 2 rings (SSSR count). The number of hydrogen-bond donors (Lipinski definition) is 1. The number of anilines is 1. The zero-order chi connectivity index (χ0) is 9.97. The van der Waals surface area contributed by atoms with Crippen LogP contribution in [0.25, 0.3) is 0 Å². The summed E-state index contributed by atoms with van der Waals surface area (Å²) in [5, 5.41) is 0. The summed E-state index contributed by atoms with van der Waals surface area (Å²) in [4.78, 5) is 4.44. The van der Waals surface area contributed by atoms with Crippen LogP contribution in [0.1, 0.15) is 49.3 Å². The van der Waals surface area contributed by atoms with Crippen molar-refractivity contribution in [1.82, 2.24) is 4.98 Å². The number of rotatable bonds is 1. The van der Waals surface area contributed by atoms with Crippen LogP contribution in [0.5, 0.6) is 0 Å². The molecule has 0 unspecified atom stereocenters. The highest BCUT2D eigenvalue weighted by molar-refractivity contribution is 5.51. The van der Waals surface area contributed by atoms with Gasteiger partial charge in [-0.05, 0) is 31.4 Å². The third kappa shape index (κ3) is 1.74. The molecule has 1 heterocycles. The van der Waals surface area contributed by atoms with Gasteiger partial charge in [-0.1, -0.05) is 19.3 Å². The van der Waals surface area contributed by atoms with Crippen molar-refractivity contribution in [3.8, 4) is 0 Å². The molecule has 2 heteroatoms. The molecule has 0 aliphatic heterocycles. The molecule has 1 aromatic heterocycles. The van der Waals surface area contributed by atoms with Crippen LogP contribution in [-0.2, 0) is 0 Å². The Labute approximate surface area is 85.5 Å². The average molecular weight is 190 g/mol. The molecule has 0 aromatic carbocycles. The summed E-state index contributed by atoms with van der Waals surface area (Å²) in [6.45, 7) is 2.06. The first kappa shape index (κ1) is 9.50. The largest absolute Gasteiger partial charge is 0.397 e. The van der Waals surface area contributed by atoms with Gasteiger partial charge in [-0.25, -0.2) is 0 Å². The zero-order valence-corrected chi connectivity index (χ0v) is 8.79. The number of nitrogens with zero attached hydrogens (tertiary/aromatic N) is 1. The Kier molecular flexibility index (Phi) is 2.71. The second kappa shape index (κ2) is 3.99. The van der Waals surface area contributed by atoms with Gasteiger partial charge in [0, 0.05) is 12.1 Å². The van der Waals surface area contributed by atoms with E-state index in [1.54, 1.807) is 0 Å². The van der Waals surface area contributed by atoms with Gasteiger partial charge in [0.2, 0.25) is 0 Å². The molecule has 2 N–H and O–H groups in total. The van der Waals surface area contributed by atoms with Crippen LogP contribution in [0.3, 0.4) is 0 Å². The number of nitrogen functional groups attached to an aromatic ring is 1. The standard InChI is InChI=1S/C12H18N2/c1-9-7-8-14-12(11(9)13)10-5-3-2-4-6-10/h7-8,10H,2-6,13H2,1H3. The summed E-state index contributed by atoms with van der Waals surface area (Å²) in [7, 11) is 0. The van der Waals surface area contributed by atoms with E-state index in [0.29, 0.717) is 5.92 Å². The normalized spacial score (nSPS) is 18.4. The van der Waals surface area contributed by atoms with Gasteiger partial charge in [0.25, 0.3) is 0 Å². The van der Waals surface area contributed by atoms with E-state index in [0.717, 1.165) is 11.4 Å². The van der Waals surface area contributed by atoms with Crippen LogP contribution in [0.4, 0.5) is 5.69 Å². The molecule has 1 fully saturated rings. The minimum absolute atomic E-state index is 0.614. The van der Waals surface area contributed by atoms with Crippen molar-refractivity contribution in [3.63, 3.8) is 0 Å². The number of aromatic nitrogens is 1. The number of nitrogens with two attached hydrogens (primary N) is 1. The Hall–Kier alpha value is -1.05. The Morgan fingerprint density at radius 3 is 2.71 bits per heavy atom. The van der Waals surface area contributed by atoms with Crippen LogP contribution in [0.15, 0.2) is 12.3 Å². The Balaban J connectivity index is 2.26. The van der Waals surface area contributed by atoms with E-state index in [2.05, 4.69) is 11.9 Å². The number of pyridine rings is 1. The predicted octanol–water partition coefficient (Wildman–Crippen LogP) is 3.02. The maximum atomic E-state index is 6.05. The first-order chi connectivity index (χ1) is 6.79. The molecular weight excluding hydrogens is 172 g/mol. The summed E-state index contributed by atoms with van der Waals surface area (Å²) in [6.07, 6.45) is 8.46. The van der Waals surface area contributed by atoms with E-state index in [-0.39, 0.29) is 0 Å². The quantitative estimate of drug-likeness (QED) is 0.739. The topological polar surface area (TPSA) is 38.9 Å². The summed E-state index contributed by atoms with van der Waals surface area (Å²) >= 11 is 0. The Morgan fingerprint density at radius 1 is 1.29 bits per heavy atom. The molecule has 76 valence electrons. The van der Waals surface area contributed by atoms with Crippen LogP contribution < -0.4 is 5.73 Å². The number of hydrogen-bond acceptors (Lipinski definition) is 2. The fraction of sp³-hybridized carbons (Fsp3) is 0.583. The van der Waals surface area contributed by atoms with E-state index < -0.39 is 0 Å². The van der Waals surface area contributed by atoms with Crippen LogP contribution in [0, 0.1) is 6.92 Å². The molecule has 14 heavy (non-hydrogen) atoms. The van der Waals surface area contributed by atoms with Gasteiger partial charge in [0.15, 0.2) is 0 Å². The molecule has 0 atom stereocenters. The highest BCUT2D eigenvalue weighted by Crippen LogP contribution is 2.34. The monoisotopic (exact) mass is 190 g/mol. The van der Waals surface area contributed by atoms with Crippen molar-refractivity contribution in [3.05, 3.63) is 23.5 Å². The fourth-order valence-corrected chi connectivity index (χ4v) is 2.29. The van der Waals surface area contributed by atoms with Crippen molar-refractivity contribution < 1.29 is 0 Å². The van der Waals surface area contributed by atoms with Gasteiger partial charge in [0.1, 0.15) is 0 Å². The van der Waals surface area contributed by atoms with Gasteiger partial charge in [0.05, 0.1) is 11.4 Å². The van der Waals surface area contributed by atoms with Crippen molar-refractivity contribution in [2.75, 3.05) is 5.73 Å². The summed E-state index contributed by atoms with van der Waals surface area (Å²) in [5.41, 5.74) is 9.28. The lowest BCUT2D eigenvalue weighted by Gasteiger charge is -2.22. The van der Waals surface area contributed by atoms with E-state index in [9.17, 15) is 0 Å². The van der Waals surface area contributed by atoms with Crippen LogP contribution in [-0.4, -0.2) is 4.98 Å². The third-order valence-electron chi connectivity index (χ3n) is 3.23. The third-order valence-corrected chi connectivity index (χ3v) is 3.23. The molecule has 0 spiro atoms. The van der Waals surface area contributed by atoms with E-state index in [1.807, 2.05) is 12.3 Å². The van der Waals surface area contributed by atoms with Gasteiger partial charge in [-0.3, -0.25) is 4.98 Å². The van der Waals surface area contributed by atoms with Gasteiger partial charge in [-0.15, -0.1) is 0 Å². The molecule has 1 saturated carbocycles. The molecule has 0 radical (unpaired) electrons. The van der Waals surface area contributed by atoms with Gasteiger partial charge >= 0.3 is 0 Å². The van der Waals surface area contributed by atoms with E-state index in [4.69, 9.17) is 5.73 Å². The lowest BCUT2D eigenvalue weighted by Crippen LogP contribution is -2.10. The molecule has 1 aliphatic carbocycles. The predicted molar refractivity (Wildman–Crippen MR) is 59.2 cm³/mol. The van der Waals surface area contributed by atoms with Gasteiger partial charge < -0.3 is 5.73 Å². The second-order valence-electron chi connectivity index (χ2n) is 4.26. The van der Waals surface area contributed by atoms with E-state index >= 15 is 0 Å². The van der Waals surface area contributed by atoms with Crippen LogP contribution in [0.2, 0.25) is 0 Å². The first-order valence-corrected chi connectivity index (χ1v) is 5.50. The van der Waals surface area contributed by atoms with Crippen molar-refractivity contribution in [2.24, 2.45) is 0 Å². The van der Waals surface area contributed by atoms with Crippen molar-refractivity contribution in [1.29, 1.82) is 0 Å². The molecule has 1 aromatic rings. The molecule has 0 bridgehead atoms. The Bertz CT molecular complexity index is 314. The Morgan fingerprint density at radius 2 is 2.00 bits per heavy atom. The van der Waals surface area contributed by atoms with Crippen LogP contribution >= 0.6 is 0 Å². The zero-order valence-electron chi connectivity index (χ0n) is 8.79. The SMILES string of the molecule is Cc1ccnc(C2CCCCC2)c1N. The smallest absolute Gasteiger partial charge is 0.0666 e. The highest BCUT2D eigenvalue weighted by Gasteiger charge is 2.19. The fourth-order valence-electron chi connectivity index (χ4n) is 2.29. The lowest BCUT2D eigenvalue weighted by molar-refractivity contribution is 0.437. The maximum absolute atomic E-state index is 6.05. The maximum Gasteiger partial charge on any atom is 0.0666 e. The minimum Gasteiger partial charge on any atom is -0.397 e. The summed E-state index contributed by atoms with van der Waals surface area (Å²) in [6, 6.07) is 1.99. The minimum atomic E-state index is 0.614. The van der Waals surface area contributed by atoms with E-state index in [1.165, 1.54) is 37.7 Å². The summed E-state index contributed by atoms with van der Waals surface area (Å²) in [5.74, 6) is 0.614.